The highest BCUT2D eigenvalue weighted by Gasteiger charge is 2.29. The van der Waals surface area contributed by atoms with E-state index < -0.39 is 15.8 Å². The van der Waals surface area contributed by atoms with E-state index in [0.717, 1.165) is 4.90 Å². The van der Waals surface area contributed by atoms with Crippen LogP contribution in [0.1, 0.15) is 10.4 Å². The van der Waals surface area contributed by atoms with Crippen LogP contribution < -0.4 is 4.90 Å². The third kappa shape index (κ3) is 3.91. The Balaban J connectivity index is 1.78. The zero-order valence-electron chi connectivity index (χ0n) is 15.1. The van der Waals surface area contributed by atoms with Gasteiger partial charge >= 0.3 is 0 Å². The number of carbonyl (C=O) groups is 1. The predicted octanol–water partition coefficient (Wildman–Crippen LogP) is 3.19. The molecule has 1 aliphatic rings. The van der Waals surface area contributed by atoms with E-state index in [2.05, 4.69) is 0 Å². The molecular formula is C18H18N4O5S. The molecule has 0 bridgehead atoms. The van der Waals surface area contributed by atoms with Gasteiger partial charge in [0.05, 0.1) is 9.85 Å². The molecule has 3 rings (SSSR count). The Hall–Kier alpha value is -3.14. The molecule has 0 spiro atoms. The molecule has 0 unspecified atom stereocenters. The molecular weight excluding hydrogens is 384 g/mol. The maximum absolute atomic E-state index is 12.9. The first kappa shape index (κ1) is 19.6. The molecule has 0 N–H and O–H groups in total. The van der Waals surface area contributed by atoms with Crippen LogP contribution >= 0.6 is 11.8 Å². The highest BCUT2D eigenvalue weighted by Crippen LogP contribution is 2.30. The Kier molecular flexibility index (Phi) is 5.78. The number of carbonyl (C=O) groups excluding carboxylic acids is 1. The van der Waals surface area contributed by atoms with E-state index in [1.165, 1.54) is 23.9 Å². The number of benzene rings is 2. The number of piperazine rings is 1. The molecule has 0 saturated carbocycles. The van der Waals surface area contributed by atoms with Crippen molar-refractivity contribution in [3.63, 3.8) is 0 Å². The number of amides is 1. The Labute approximate surface area is 165 Å². The molecule has 0 atom stereocenters. The zero-order valence-corrected chi connectivity index (χ0v) is 15.9. The van der Waals surface area contributed by atoms with Crippen molar-refractivity contribution in [2.75, 3.05) is 37.3 Å². The third-order valence-corrected chi connectivity index (χ3v) is 5.34. The van der Waals surface area contributed by atoms with E-state index in [9.17, 15) is 25.0 Å². The lowest BCUT2D eigenvalue weighted by atomic mass is 10.1. The summed E-state index contributed by atoms with van der Waals surface area (Å²) in [7, 11) is 0. The summed E-state index contributed by atoms with van der Waals surface area (Å²) in [5.41, 5.74) is 0.375. The van der Waals surface area contributed by atoms with Crippen molar-refractivity contribution in [1.82, 2.24) is 4.90 Å². The van der Waals surface area contributed by atoms with Crippen molar-refractivity contribution in [2.45, 2.75) is 4.90 Å². The predicted molar refractivity (Wildman–Crippen MR) is 106 cm³/mol. The van der Waals surface area contributed by atoms with Gasteiger partial charge in [-0.15, -0.1) is 11.8 Å². The fraction of sp³-hybridized carbons (Fsp3) is 0.278. The Morgan fingerprint density at radius 3 is 2.21 bits per heavy atom. The van der Waals surface area contributed by atoms with Crippen molar-refractivity contribution >= 4 is 34.7 Å². The number of nitro groups is 2. The van der Waals surface area contributed by atoms with Gasteiger partial charge in [0.1, 0.15) is 11.3 Å². The largest absolute Gasteiger partial charge is 0.362 e. The minimum Gasteiger partial charge on any atom is -0.362 e. The first-order chi connectivity index (χ1) is 13.4. The molecule has 2 aromatic rings. The summed E-state index contributed by atoms with van der Waals surface area (Å²) in [6.45, 7) is 1.47. The van der Waals surface area contributed by atoms with Crippen LogP contribution in [0, 0.1) is 20.2 Å². The Morgan fingerprint density at radius 1 is 0.964 bits per heavy atom. The molecule has 1 saturated heterocycles. The van der Waals surface area contributed by atoms with Crippen molar-refractivity contribution in [1.29, 1.82) is 0 Å². The minimum atomic E-state index is -0.555. The van der Waals surface area contributed by atoms with Gasteiger partial charge in [0.2, 0.25) is 0 Å². The fourth-order valence-corrected chi connectivity index (χ4v) is 3.62. The number of hydrogen-bond donors (Lipinski definition) is 0. The lowest BCUT2D eigenvalue weighted by Gasteiger charge is -2.35. The van der Waals surface area contributed by atoms with Crippen molar-refractivity contribution < 1.29 is 14.6 Å². The van der Waals surface area contributed by atoms with Crippen molar-refractivity contribution in [3.8, 4) is 0 Å². The van der Waals surface area contributed by atoms with Crippen LogP contribution in [-0.2, 0) is 0 Å². The third-order valence-electron chi connectivity index (χ3n) is 4.62. The highest BCUT2D eigenvalue weighted by molar-refractivity contribution is 7.98. The van der Waals surface area contributed by atoms with E-state index in [1.807, 2.05) is 11.2 Å². The van der Waals surface area contributed by atoms with Gasteiger partial charge in [-0.25, -0.2) is 0 Å². The number of thioether (sulfide) groups is 1. The van der Waals surface area contributed by atoms with E-state index >= 15 is 0 Å². The normalized spacial score (nSPS) is 14.0. The lowest BCUT2D eigenvalue weighted by molar-refractivity contribution is -0.385. The van der Waals surface area contributed by atoms with Gasteiger partial charge in [-0.05, 0) is 24.5 Å². The first-order valence-electron chi connectivity index (χ1n) is 8.52. The number of nitro benzene ring substituents is 2. The average molecular weight is 402 g/mol. The van der Waals surface area contributed by atoms with E-state index in [-0.39, 0.29) is 16.9 Å². The van der Waals surface area contributed by atoms with Crippen LogP contribution in [0.5, 0.6) is 0 Å². The second kappa shape index (κ2) is 8.26. The van der Waals surface area contributed by atoms with Crippen molar-refractivity contribution in [2.24, 2.45) is 0 Å². The quantitative estimate of drug-likeness (QED) is 0.429. The van der Waals surface area contributed by atoms with Gasteiger partial charge in [-0.1, -0.05) is 12.1 Å². The monoisotopic (exact) mass is 402 g/mol. The maximum atomic E-state index is 12.9. The van der Waals surface area contributed by atoms with Crippen molar-refractivity contribution in [3.05, 3.63) is 68.3 Å². The van der Waals surface area contributed by atoms with Gasteiger partial charge in [0, 0.05) is 43.2 Å². The second-order valence-corrected chi connectivity index (χ2v) is 7.04. The van der Waals surface area contributed by atoms with Gasteiger partial charge in [-0.3, -0.25) is 25.0 Å². The molecule has 9 nitrogen and oxygen atoms in total. The summed E-state index contributed by atoms with van der Waals surface area (Å²) in [5, 5.41) is 22.5. The maximum Gasteiger partial charge on any atom is 0.292 e. The van der Waals surface area contributed by atoms with Gasteiger partial charge in [0.15, 0.2) is 0 Å². The molecule has 2 aromatic carbocycles. The summed E-state index contributed by atoms with van der Waals surface area (Å²) in [6.07, 6.45) is 1.83. The summed E-state index contributed by atoms with van der Waals surface area (Å²) in [4.78, 5) is 38.6. The second-order valence-electron chi connectivity index (χ2n) is 6.17. The molecule has 1 heterocycles. The van der Waals surface area contributed by atoms with Crippen LogP contribution in [0.15, 0.2) is 47.4 Å². The molecule has 10 heteroatoms. The molecule has 1 amide bonds. The SMILES string of the molecule is CSc1ccc([N+](=O)[O-])c(C(=O)N2CCN(c3ccccc3[N+](=O)[O-])CC2)c1. The molecule has 28 heavy (non-hydrogen) atoms. The van der Waals surface area contributed by atoms with E-state index in [0.29, 0.717) is 31.9 Å². The standard InChI is InChI=1S/C18H18N4O5S/c1-28-13-6-7-15(21(24)25)14(12-13)18(23)20-10-8-19(9-11-20)16-4-2-3-5-17(16)22(26)27/h2-7,12H,8-11H2,1H3. The van der Waals surface area contributed by atoms with Crippen LogP contribution in [0.2, 0.25) is 0 Å². The zero-order chi connectivity index (χ0) is 20.3. The number of hydrogen-bond acceptors (Lipinski definition) is 7. The summed E-state index contributed by atoms with van der Waals surface area (Å²) < 4.78 is 0. The Morgan fingerprint density at radius 2 is 1.61 bits per heavy atom. The average Bonchev–Trinajstić information content (AvgIpc) is 2.72. The highest BCUT2D eigenvalue weighted by atomic mass is 32.2. The van der Waals surface area contributed by atoms with Gasteiger partial charge < -0.3 is 9.80 Å². The molecule has 0 aliphatic carbocycles. The minimum absolute atomic E-state index is 0.0191. The summed E-state index contributed by atoms with van der Waals surface area (Å²) in [6, 6.07) is 11.0. The lowest BCUT2D eigenvalue weighted by Crippen LogP contribution is -2.49. The number of anilines is 1. The smallest absolute Gasteiger partial charge is 0.292 e. The van der Waals surface area contributed by atoms with E-state index in [1.54, 1.807) is 35.2 Å². The van der Waals surface area contributed by atoms with Crippen LogP contribution in [0.4, 0.5) is 17.1 Å². The summed E-state index contributed by atoms with van der Waals surface area (Å²) in [5.74, 6) is -0.398. The van der Waals surface area contributed by atoms with Crippen LogP contribution in [0.3, 0.4) is 0 Å². The molecule has 1 aliphatic heterocycles. The summed E-state index contributed by atoms with van der Waals surface area (Å²) >= 11 is 1.40. The molecule has 1 fully saturated rings. The molecule has 146 valence electrons. The molecule has 0 aromatic heterocycles. The fourth-order valence-electron chi connectivity index (χ4n) is 3.18. The van der Waals surface area contributed by atoms with E-state index in [4.69, 9.17) is 0 Å². The van der Waals surface area contributed by atoms with Gasteiger partial charge in [0.25, 0.3) is 17.3 Å². The number of para-hydroxylation sites is 2. The number of rotatable bonds is 5. The van der Waals surface area contributed by atoms with Crippen LogP contribution in [-0.4, -0.2) is 53.1 Å². The topological polar surface area (TPSA) is 110 Å². The first-order valence-corrected chi connectivity index (χ1v) is 9.75. The molecule has 0 radical (unpaired) electrons. The van der Waals surface area contributed by atoms with Crippen LogP contribution in [0.25, 0.3) is 0 Å². The number of nitrogens with zero attached hydrogens (tertiary/aromatic N) is 4. The van der Waals surface area contributed by atoms with Gasteiger partial charge in [-0.2, -0.15) is 0 Å². The Bertz CT molecular complexity index is 928.